The van der Waals surface area contributed by atoms with Gasteiger partial charge >= 0.3 is 0 Å². The fourth-order valence-electron chi connectivity index (χ4n) is 2.01. The number of ether oxygens (including phenoxy) is 2. The summed E-state index contributed by atoms with van der Waals surface area (Å²) in [5.41, 5.74) is 0.418. The number of morpholine rings is 1. The lowest BCUT2D eigenvalue weighted by molar-refractivity contribution is -0.142. The summed E-state index contributed by atoms with van der Waals surface area (Å²) >= 11 is 3.33. The molecule has 1 aliphatic rings. The van der Waals surface area contributed by atoms with E-state index in [9.17, 15) is 9.59 Å². The van der Waals surface area contributed by atoms with Gasteiger partial charge in [0.15, 0.2) is 12.4 Å². The molecular weight excluding hydrogens is 326 g/mol. The molecule has 1 saturated heterocycles. The standard InChI is InChI=1S/C14H16BrNO4/c1-10(14(18)16-5-7-19-8-6-16)20-13-11(9-17)3-2-4-12(13)15/h2-4,9-10H,5-8H2,1H3. The average molecular weight is 342 g/mol. The third-order valence-corrected chi connectivity index (χ3v) is 3.71. The molecule has 0 bridgehead atoms. The number of aldehydes is 1. The highest BCUT2D eigenvalue weighted by molar-refractivity contribution is 9.10. The van der Waals surface area contributed by atoms with Gasteiger partial charge in [0.25, 0.3) is 5.91 Å². The highest BCUT2D eigenvalue weighted by atomic mass is 79.9. The zero-order valence-corrected chi connectivity index (χ0v) is 12.8. The number of halogens is 1. The zero-order valence-electron chi connectivity index (χ0n) is 11.2. The Morgan fingerprint density at radius 2 is 2.15 bits per heavy atom. The molecule has 5 nitrogen and oxygen atoms in total. The van der Waals surface area contributed by atoms with Gasteiger partial charge in [-0.2, -0.15) is 0 Å². The first kappa shape index (κ1) is 15.0. The van der Waals surface area contributed by atoms with Crippen molar-refractivity contribution in [3.8, 4) is 5.75 Å². The molecule has 0 N–H and O–H groups in total. The Morgan fingerprint density at radius 3 is 2.80 bits per heavy atom. The predicted molar refractivity (Wildman–Crippen MR) is 77.0 cm³/mol. The van der Waals surface area contributed by atoms with E-state index >= 15 is 0 Å². The Kier molecular flexibility index (Phi) is 5.14. The summed E-state index contributed by atoms with van der Waals surface area (Å²) in [5.74, 6) is 0.303. The Morgan fingerprint density at radius 1 is 1.45 bits per heavy atom. The Hall–Kier alpha value is -1.40. The number of hydrogen-bond acceptors (Lipinski definition) is 4. The highest BCUT2D eigenvalue weighted by Gasteiger charge is 2.25. The van der Waals surface area contributed by atoms with Crippen LogP contribution in [0.4, 0.5) is 0 Å². The van der Waals surface area contributed by atoms with Crippen LogP contribution in [0, 0.1) is 0 Å². The number of nitrogens with zero attached hydrogens (tertiary/aromatic N) is 1. The molecule has 1 aromatic carbocycles. The number of rotatable bonds is 4. The van der Waals surface area contributed by atoms with E-state index in [-0.39, 0.29) is 5.91 Å². The summed E-state index contributed by atoms with van der Waals surface area (Å²) < 4.78 is 11.5. The third kappa shape index (κ3) is 3.37. The van der Waals surface area contributed by atoms with Crippen molar-refractivity contribution in [1.29, 1.82) is 0 Å². The van der Waals surface area contributed by atoms with Crippen LogP contribution in [0.2, 0.25) is 0 Å². The summed E-state index contributed by atoms with van der Waals surface area (Å²) in [6.07, 6.45) is 0.0666. The van der Waals surface area contributed by atoms with Gasteiger partial charge in [0.05, 0.1) is 23.2 Å². The molecule has 1 aromatic rings. The van der Waals surface area contributed by atoms with E-state index in [0.29, 0.717) is 48.4 Å². The number of hydrogen-bond donors (Lipinski definition) is 0. The van der Waals surface area contributed by atoms with E-state index in [4.69, 9.17) is 9.47 Å². The zero-order chi connectivity index (χ0) is 14.5. The third-order valence-electron chi connectivity index (χ3n) is 3.09. The van der Waals surface area contributed by atoms with Crippen molar-refractivity contribution in [2.24, 2.45) is 0 Å². The molecule has 1 amide bonds. The van der Waals surface area contributed by atoms with E-state index in [1.165, 1.54) is 0 Å². The van der Waals surface area contributed by atoms with Crippen LogP contribution in [0.15, 0.2) is 22.7 Å². The smallest absolute Gasteiger partial charge is 0.263 e. The maximum Gasteiger partial charge on any atom is 0.263 e. The molecule has 0 saturated carbocycles. The molecule has 1 atom stereocenters. The largest absolute Gasteiger partial charge is 0.479 e. The maximum atomic E-state index is 12.3. The van der Waals surface area contributed by atoms with Crippen molar-refractivity contribution in [2.45, 2.75) is 13.0 Å². The normalized spacial score (nSPS) is 16.6. The summed E-state index contributed by atoms with van der Waals surface area (Å²) in [5, 5.41) is 0. The lowest BCUT2D eigenvalue weighted by Crippen LogP contribution is -2.46. The number of carbonyl (C=O) groups excluding carboxylic acids is 2. The predicted octanol–water partition coefficient (Wildman–Crippen LogP) is 1.89. The van der Waals surface area contributed by atoms with Crippen molar-refractivity contribution < 1.29 is 19.1 Å². The van der Waals surface area contributed by atoms with Gasteiger partial charge in [0, 0.05) is 13.1 Å². The molecule has 0 aliphatic carbocycles. The van der Waals surface area contributed by atoms with Gasteiger partial charge < -0.3 is 14.4 Å². The van der Waals surface area contributed by atoms with Crippen molar-refractivity contribution in [1.82, 2.24) is 4.90 Å². The minimum Gasteiger partial charge on any atom is -0.479 e. The first-order valence-electron chi connectivity index (χ1n) is 6.40. The Balaban J connectivity index is 2.09. The fraction of sp³-hybridized carbons (Fsp3) is 0.429. The number of para-hydroxylation sites is 1. The van der Waals surface area contributed by atoms with Gasteiger partial charge in [-0.1, -0.05) is 6.07 Å². The van der Waals surface area contributed by atoms with Gasteiger partial charge in [-0.15, -0.1) is 0 Å². The Labute approximate surface area is 126 Å². The van der Waals surface area contributed by atoms with Crippen LogP contribution < -0.4 is 4.74 Å². The second-order valence-corrected chi connectivity index (χ2v) is 5.33. The number of benzene rings is 1. The maximum absolute atomic E-state index is 12.3. The molecular formula is C14H16BrNO4. The van der Waals surface area contributed by atoms with Crippen LogP contribution in [0.3, 0.4) is 0 Å². The van der Waals surface area contributed by atoms with E-state index < -0.39 is 6.10 Å². The summed E-state index contributed by atoms with van der Waals surface area (Å²) in [7, 11) is 0. The van der Waals surface area contributed by atoms with E-state index in [1.54, 1.807) is 30.0 Å². The second-order valence-electron chi connectivity index (χ2n) is 4.47. The van der Waals surface area contributed by atoms with Crippen molar-refractivity contribution in [2.75, 3.05) is 26.3 Å². The van der Waals surface area contributed by atoms with E-state index in [1.807, 2.05) is 0 Å². The monoisotopic (exact) mass is 341 g/mol. The molecule has 1 unspecified atom stereocenters. The highest BCUT2D eigenvalue weighted by Crippen LogP contribution is 2.29. The minimum atomic E-state index is -0.648. The lowest BCUT2D eigenvalue weighted by Gasteiger charge is -2.29. The fourth-order valence-corrected chi connectivity index (χ4v) is 2.49. The van der Waals surface area contributed by atoms with Gasteiger partial charge in [0.1, 0.15) is 5.75 Å². The molecule has 1 heterocycles. The quantitative estimate of drug-likeness (QED) is 0.784. The van der Waals surface area contributed by atoms with Crippen molar-refractivity contribution >= 4 is 28.1 Å². The van der Waals surface area contributed by atoms with Gasteiger partial charge in [0.2, 0.25) is 0 Å². The average Bonchev–Trinajstić information content (AvgIpc) is 2.49. The van der Waals surface area contributed by atoms with Crippen LogP contribution in [0.1, 0.15) is 17.3 Å². The van der Waals surface area contributed by atoms with Gasteiger partial charge in [-0.3, -0.25) is 9.59 Å². The summed E-state index contributed by atoms with van der Waals surface area (Å²) in [4.78, 5) is 25.0. The van der Waals surface area contributed by atoms with E-state index in [2.05, 4.69) is 15.9 Å². The van der Waals surface area contributed by atoms with Crippen LogP contribution in [0.5, 0.6) is 5.75 Å². The first-order valence-corrected chi connectivity index (χ1v) is 7.19. The van der Waals surface area contributed by atoms with Crippen molar-refractivity contribution in [3.63, 3.8) is 0 Å². The molecule has 6 heteroatoms. The topological polar surface area (TPSA) is 55.8 Å². The number of amides is 1. The minimum absolute atomic E-state index is 0.0964. The van der Waals surface area contributed by atoms with Crippen LogP contribution >= 0.6 is 15.9 Å². The van der Waals surface area contributed by atoms with Crippen LogP contribution in [-0.2, 0) is 9.53 Å². The number of carbonyl (C=O) groups is 2. The molecule has 0 aromatic heterocycles. The summed E-state index contributed by atoms with van der Waals surface area (Å²) in [6.45, 7) is 3.93. The Bertz CT molecular complexity index is 500. The molecule has 1 fully saturated rings. The molecule has 2 rings (SSSR count). The molecule has 108 valence electrons. The van der Waals surface area contributed by atoms with Gasteiger partial charge in [-0.05, 0) is 35.0 Å². The summed E-state index contributed by atoms with van der Waals surface area (Å²) in [6, 6.07) is 5.17. The van der Waals surface area contributed by atoms with Crippen molar-refractivity contribution in [3.05, 3.63) is 28.2 Å². The SMILES string of the molecule is CC(Oc1c(Br)cccc1C=O)C(=O)N1CCOCC1. The first-order chi connectivity index (χ1) is 9.63. The second kappa shape index (κ2) is 6.85. The molecule has 0 spiro atoms. The lowest BCUT2D eigenvalue weighted by atomic mass is 10.2. The van der Waals surface area contributed by atoms with Gasteiger partial charge in [-0.25, -0.2) is 0 Å². The molecule has 1 aliphatic heterocycles. The molecule has 0 radical (unpaired) electrons. The van der Waals surface area contributed by atoms with E-state index in [0.717, 1.165) is 0 Å². The molecule has 20 heavy (non-hydrogen) atoms. The van der Waals surface area contributed by atoms with Crippen LogP contribution in [-0.4, -0.2) is 49.5 Å². The van der Waals surface area contributed by atoms with Crippen LogP contribution in [0.25, 0.3) is 0 Å².